The molecule has 0 saturated heterocycles. The zero-order valence-electron chi connectivity index (χ0n) is 11.8. The number of aromatic nitrogens is 4. The van der Waals surface area contributed by atoms with Gasteiger partial charge in [-0.3, -0.25) is 4.79 Å². The van der Waals surface area contributed by atoms with Gasteiger partial charge >= 0.3 is 0 Å². The first-order chi connectivity index (χ1) is 10.3. The van der Waals surface area contributed by atoms with Gasteiger partial charge in [0.15, 0.2) is 5.78 Å². The Morgan fingerprint density at radius 2 is 2.00 bits per heavy atom. The van der Waals surface area contributed by atoms with Crippen LogP contribution in [0.25, 0.3) is 0 Å². The van der Waals surface area contributed by atoms with Crippen molar-refractivity contribution in [2.24, 2.45) is 0 Å². The summed E-state index contributed by atoms with van der Waals surface area (Å²) in [6, 6.07) is 9.85. The lowest BCUT2D eigenvalue weighted by Gasteiger charge is -2.10. The highest BCUT2D eigenvalue weighted by atomic mass is 32.2. The molecular weight excluding hydrogens is 284 g/mol. The monoisotopic (exact) mass is 302 g/mol. The number of hydrogen-bond acceptors (Lipinski definition) is 5. The van der Waals surface area contributed by atoms with Crippen LogP contribution in [-0.2, 0) is 0 Å². The van der Waals surface area contributed by atoms with E-state index in [1.807, 2.05) is 35.0 Å². The fraction of sp³-hybridized carbons (Fsp3) is 0.467. The minimum Gasteiger partial charge on any atom is -0.294 e. The Kier molecular flexibility index (Phi) is 4.65. The predicted molar refractivity (Wildman–Crippen MR) is 81.4 cm³/mol. The highest BCUT2D eigenvalue weighted by Gasteiger charge is 2.21. The summed E-state index contributed by atoms with van der Waals surface area (Å²) in [5.74, 6) is 0.879. The van der Waals surface area contributed by atoms with E-state index in [2.05, 4.69) is 15.5 Å². The molecule has 110 valence electrons. The van der Waals surface area contributed by atoms with Crippen molar-refractivity contribution in [3.63, 3.8) is 0 Å². The van der Waals surface area contributed by atoms with Crippen LogP contribution in [0.5, 0.6) is 0 Å². The zero-order chi connectivity index (χ0) is 14.5. The number of carbonyl (C=O) groups is 1. The van der Waals surface area contributed by atoms with Crippen LogP contribution in [0.2, 0.25) is 0 Å². The smallest absolute Gasteiger partial charge is 0.209 e. The summed E-state index contributed by atoms with van der Waals surface area (Å²) in [6.07, 6.45) is 5.32. The molecule has 6 heteroatoms. The first kappa shape index (κ1) is 14.3. The maximum absolute atomic E-state index is 12.0. The molecule has 21 heavy (non-hydrogen) atoms. The molecule has 1 saturated carbocycles. The van der Waals surface area contributed by atoms with Crippen molar-refractivity contribution in [3.05, 3.63) is 35.9 Å². The minimum atomic E-state index is 0.169. The summed E-state index contributed by atoms with van der Waals surface area (Å²) in [7, 11) is 0. The first-order valence-corrected chi connectivity index (χ1v) is 8.32. The molecule has 0 spiro atoms. The normalized spacial score (nSPS) is 15.4. The molecule has 1 aliphatic rings. The van der Waals surface area contributed by atoms with Crippen molar-refractivity contribution in [1.29, 1.82) is 0 Å². The van der Waals surface area contributed by atoms with E-state index in [9.17, 15) is 4.79 Å². The van der Waals surface area contributed by atoms with E-state index >= 15 is 0 Å². The average Bonchev–Trinajstić information content (AvgIpc) is 3.18. The summed E-state index contributed by atoms with van der Waals surface area (Å²) in [5, 5.41) is 12.8. The quantitative estimate of drug-likeness (QED) is 0.606. The molecule has 0 aliphatic heterocycles. The van der Waals surface area contributed by atoms with Crippen LogP contribution in [0, 0.1) is 0 Å². The van der Waals surface area contributed by atoms with Crippen molar-refractivity contribution >= 4 is 17.5 Å². The SMILES string of the molecule is O=C(CCSc1nnnn1C1CCCC1)c1ccccc1. The highest BCUT2D eigenvalue weighted by molar-refractivity contribution is 7.99. The molecule has 1 aromatic carbocycles. The lowest BCUT2D eigenvalue weighted by Crippen LogP contribution is -2.09. The Bertz CT molecular complexity index is 593. The van der Waals surface area contributed by atoms with Gasteiger partial charge in [0.2, 0.25) is 5.16 Å². The van der Waals surface area contributed by atoms with Crippen molar-refractivity contribution in [1.82, 2.24) is 20.2 Å². The van der Waals surface area contributed by atoms with E-state index in [1.54, 1.807) is 11.8 Å². The van der Waals surface area contributed by atoms with Gasteiger partial charge in [0.1, 0.15) is 0 Å². The summed E-state index contributed by atoms with van der Waals surface area (Å²) in [5.41, 5.74) is 0.772. The van der Waals surface area contributed by atoms with E-state index < -0.39 is 0 Å². The van der Waals surface area contributed by atoms with Gasteiger partial charge in [-0.15, -0.1) is 5.10 Å². The Balaban J connectivity index is 1.54. The first-order valence-electron chi connectivity index (χ1n) is 7.33. The number of ketones is 1. The van der Waals surface area contributed by atoms with Gasteiger partial charge < -0.3 is 0 Å². The fourth-order valence-corrected chi connectivity index (χ4v) is 3.54. The maximum Gasteiger partial charge on any atom is 0.209 e. The Morgan fingerprint density at radius 1 is 1.24 bits per heavy atom. The van der Waals surface area contributed by atoms with Crippen LogP contribution in [0.4, 0.5) is 0 Å². The van der Waals surface area contributed by atoms with E-state index in [1.165, 1.54) is 12.8 Å². The molecule has 0 atom stereocenters. The number of carbonyl (C=O) groups excluding carboxylic acids is 1. The van der Waals surface area contributed by atoms with Gasteiger partial charge in [0, 0.05) is 17.7 Å². The van der Waals surface area contributed by atoms with E-state index in [4.69, 9.17) is 0 Å². The molecule has 0 unspecified atom stereocenters. The van der Waals surface area contributed by atoms with Crippen LogP contribution >= 0.6 is 11.8 Å². The molecule has 0 N–H and O–H groups in total. The highest BCUT2D eigenvalue weighted by Crippen LogP contribution is 2.31. The lowest BCUT2D eigenvalue weighted by atomic mass is 10.1. The predicted octanol–water partition coefficient (Wildman–Crippen LogP) is 3.15. The molecule has 3 rings (SSSR count). The topological polar surface area (TPSA) is 60.7 Å². The van der Waals surface area contributed by atoms with Gasteiger partial charge in [-0.25, -0.2) is 4.68 Å². The van der Waals surface area contributed by atoms with E-state index in [0.29, 0.717) is 18.2 Å². The number of Topliss-reactive ketones (excluding diaryl/α,β-unsaturated/α-hetero) is 1. The van der Waals surface area contributed by atoms with Crippen LogP contribution in [0.1, 0.15) is 48.5 Å². The molecule has 0 amide bonds. The molecule has 0 radical (unpaired) electrons. The van der Waals surface area contributed by atoms with Crippen molar-refractivity contribution in [2.45, 2.75) is 43.3 Å². The summed E-state index contributed by atoms with van der Waals surface area (Å²) in [6.45, 7) is 0. The fourth-order valence-electron chi connectivity index (χ4n) is 2.66. The van der Waals surface area contributed by atoms with Crippen molar-refractivity contribution in [3.8, 4) is 0 Å². The third-order valence-electron chi connectivity index (χ3n) is 3.79. The van der Waals surface area contributed by atoms with Crippen LogP contribution in [0.15, 0.2) is 35.5 Å². The number of nitrogens with zero attached hydrogens (tertiary/aromatic N) is 4. The Morgan fingerprint density at radius 3 is 2.76 bits per heavy atom. The van der Waals surface area contributed by atoms with Crippen LogP contribution in [0.3, 0.4) is 0 Å². The largest absolute Gasteiger partial charge is 0.294 e. The number of benzene rings is 1. The summed E-state index contributed by atoms with van der Waals surface area (Å²) in [4.78, 5) is 12.0. The molecule has 1 aliphatic carbocycles. The lowest BCUT2D eigenvalue weighted by molar-refractivity contribution is 0.0989. The molecule has 1 aromatic heterocycles. The second-order valence-electron chi connectivity index (χ2n) is 5.23. The van der Waals surface area contributed by atoms with Crippen LogP contribution in [-0.4, -0.2) is 31.7 Å². The molecular formula is C15H18N4OS. The number of thioether (sulfide) groups is 1. The number of rotatable bonds is 6. The average molecular weight is 302 g/mol. The summed E-state index contributed by atoms with van der Waals surface area (Å²) < 4.78 is 1.94. The molecule has 5 nitrogen and oxygen atoms in total. The van der Waals surface area contributed by atoms with Gasteiger partial charge in [0.05, 0.1) is 6.04 Å². The standard InChI is InChI=1S/C15H18N4OS/c20-14(12-6-2-1-3-7-12)10-11-21-15-16-17-18-19(15)13-8-4-5-9-13/h1-3,6-7,13H,4-5,8-11H2. The number of tetrazole rings is 1. The third-order valence-corrected chi connectivity index (χ3v) is 4.72. The van der Waals surface area contributed by atoms with E-state index in [-0.39, 0.29) is 5.78 Å². The Hall–Kier alpha value is -1.69. The van der Waals surface area contributed by atoms with Gasteiger partial charge in [-0.05, 0) is 23.3 Å². The van der Waals surface area contributed by atoms with Gasteiger partial charge in [0.25, 0.3) is 0 Å². The van der Waals surface area contributed by atoms with Crippen molar-refractivity contribution < 1.29 is 4.79 Å². The molecule has 0 bridgehead atoms. The zero-order valence-corrected chi connectivity index (χ0v) is 12.6. The third kappa shape index (κ3) is 3.50. The second kappa shape index (κ2) is 6.85. The van der Waals surface area contributed by atoms with Crippen molar-refractivity contribution in [2.75, 3.05) is 5.75 Å². The Labute approximate surface area is 128 Å². The molecule has 2 aromatic rings. The maximum atomic E-state index is 12.0. The second-order valence-corrected chi connectivity index (χ2v) is 6.29. The number of hydrogen-bond donors (Lipinski definition) is 0. The molecule has 1 fully saturated rings. The van der Waals surface area contributed by atoms with Crippen LogP contribution < -0.4 is 0 Å². The van der Waals surface area contributed by atoms with E-state index in [0.717, 1.165) is 23.6 Å². The van der Waals surface area contributed by atoms with Gasteiger partial charge in [-0.1, -0.05) is 54.9 Å². The minimum absolute atomic E-state index is 0.169. The summed E-state index contributed by atoms with van der Waals surface area (Å²) >= 11 is 1.57. The molecule has 1 heterocycles. The van der Waals surface area contributed by atoms with Gasteiger partial charge in [-0.2, -0.15) is 0 Å².